The number of aryl methyl sites for hydroxylation is 2. The minimum Gasteiger partial charge on any atom is -0.352 e. The molecule has 0 saturated heterocycles. The number of hydrogen-bond acceptors (Lipinski definition) is 4. The molecule has 10 heteroatoms. The molecule has 2 aromatic carbocycles. The highest BCUT2D eigenvalue weighted by Crippen LogP contribution is 2.28. The van der Waals surface area contributed by atoms with E-state index in [2.05, 4.69) is 5.32 Å². The van der Waals surface area contributed by atoms with Crippen molar-refractivity contribution in [1.82, 2.24) is 10.2 Å². The lowest BCUT2D eigenvalue weighted by atomic mass is 10.1. The van der Waals surface area contributed by atoms with E-state index in [1.807, 2.05) is 26.8 Å². The Kier molecular flexibility index (Phi) is 10.6. The summed E-state index contributed by atoms with van der Waals surface area (Å²) in [6.45, 7) is 8.81. The minimum atomic E-state index is -3.81. The molecule has 2 rings (SSSR count). The van der Waals surface area contributed by atoms with Gasteiger partial charge in [0.05, 0.1) is 11.9 Å². The predicted octanol–water partition coefficient (Wildman–Crippen LogP) is 5.10. The maximum atomic E-state index is 13.8. The minimum absolute atomic E-state index is 0.0474. The molecule has 0 aromatic heterocycles. The Labute approximate surface area is 224 Å². The first-order valence-corrected chi connectivity index (χ1v) is 14.5. The number of carbonyl (C=O) groups is 2. The number of sulfonamides is 1. The average molecular weight is 557 g/mol. The zero-order valence-corrected chi connectivity index (χ0v) is 24.0. The number of nitrogens with one attached hydrogen (secondary N) is 1. The lowest BCUT2D eigenvalue weighted by molar-refractivity contribution is -0.140. The van der Waals surface area contributed by atoms with Crippen LogP contribution in [0.2, 0.25) is 10.0 Å². The number of hydrogen-bond donors (Lipinski definition) is 1. The molecule has 0 heterocycles. The van der Waals surface area contributed by atoms with E-state index in [0.29, 0.717) is 27.7 Å². The van der Waals surface area contributed by atoms with Crippen LogP contribution in [0, 0.1) is 13.8 Å². The number of rotatable bonds is 11. The van der Waals surface area contributed by atoms with Crippen molar-refractivity contribution in [2.75, 3.05) is 17.1 Å². The van der Waals surface area contributed by atoms with Crippen LogP contribution in [-0.4, -0.2) is 50.0 Å². The fourth-order valence-electron chi connectivity index (χ4n) is 3.89. The zero-order chi connectivity index (χ0) is 27.2. The Bertz CT molecular complexity index is 1180. The molecule has 36 heavy (non-hydrogen) atoms. The van der Waals surface area contributed by atoms with Gasteiger partial charge < -0.3 is 10.2 Å². The second-order valence-electron chi connectivity index (χ2n) is 9.02. The molecule has 0 aliphatic carbocycles. The second kappa shape index (κ2) is 12.8. The van der Waals surface area contributed by atoms with Crippen LogP contribution in [-0.2, 0) is 26.2 Å². The molecular formula is C26H35Cl2N3O4S. The molecule has 0 bridgehead atoms. The van der Waals surface area contributed by atoms with Crippen LogP contribution in [0.3, 0.4) is 0 Å². The van der Waals surface area contributed by atoms with E-state index >= 15 is 0 Å². The van der Waals surface area contributed by atoms with Gasteiger partial charge in [-0.25, -0.2) is 8.42 Å². The van der Waals surface area contributed by atoms with Crippen LogP contribution in [0.5, 0.6) is 0 Å². The van der Waals surface area contributed by atoms with Crippen molar-refractivity contribution < 1.29 is 18.0 Å². The molecule has 0 aliphatic rings. The smallest absolute Gasteiger partial charge is 0.244 e. The fraction of sp³-hybridized carbons (Fsp3) is 0.462. The van der Waals surface area contributed by atoms with Gasteiger partial charge in [-0.1, -0.05) is 60.8 Å². The maximum absolute atomic E-state index is 13.8. The van der Waals surface area contributed by atoms with Crippen molar-refractivity contribution >= 4 is 50.7 Å². The van der Waals surface area contributed by atoms with Crippen molar-refractivity contribution in [2.24, 2.45) is 0 Å². The van der Waals surface area contributed by atoms with E-state index in [1.165, 1.54) is 4.90 Å². The van der Waals surface area contributed by atoms with E-state index in [1.54, 1.807) is 44.2 Å². The van der Waals surface area contributed by atoms with Crippen LogP contribution in [0.15, 0.2) is 36.4 Å². The summed E-state index contributed by atoms with van der Waals surface area (Å²) in [6.07, 6.45) is 2.10. The summed E-state index contributed by atoms with van der Waals surface area (Å²) < 4.78 is 26.6. The molecule has 7 nitrogen and oxygen atoms in total. The molecule has 0 aliphatic heterocycles. The molecule has 2 atom stereocenters. The van der Waals surface area contributed by atoms with Gasteiger partial charge in [0.15, 0.2) is 0 Å². The molecule has 1 N–H and O–H groups in total. The summed E-state index contributed by atoms with van der Waals surface area (Å²) in [7, 11) is -3.81. The third-order valence-corrected chi connectivity index (χ3v) is 7.91. The Hall–Kier alpha value is -2.29. The van der Waals surface area contributed by atoms with E-state index in [9.17, 15) is 18.0 Å². The number of amides is 2. The summed E-state index contributed by atoms with van der Waals surface area (Å²) in [6, 6.07) is 9.40. The maximum Gasteiger partial charge on any atom is 0.244 e. The van der Waals surface area contributed by atoms with Gasteiger partial charge in [0.1, 0.15) is 12.6 Å². The number of benzene rings is 2. The first-order chi connectivity index (χ1) is 16.8. The topological polar surface area (TPSA) is 86.8 Å². The summed E-state index contributed by atoms with van der Waals surface area (Å²) in [4.78, 5) is 28.4. The quantitative estimate of drug-likeness (QED) is 0.418. The third-order valence-electron chi connectivity index (χ3n) is 6.08. The van der Waals surface area contributed by atoms with Gasteiger partial charge in [0, 0.05) is 28.2 Å². The summed E-state index contributed by atoms with van der Waals surface area (Å²) in [5.74, 6) is -0.858. The molecule has 0 unspecified atom stereocenters. The molecule has 2 aromatic rings. The lowest BCUT2D eigenvalue weighted by Crippen LogP contribution is -2.53. The van der Waals surface area contributed by atoms with E-state index in [0.717, 1.165) is 28.1 Å². The second-order valence-corrected chi connectivity index (χ2v) is 11.7. The normalized spacial score (nSPS) is 13.1. The summed E-state index contributed by atoms with van der Waals surface area (Å²) in [5, 5.41) is 3.64. The standard InChI is InChI=1S/C26H35Cl2N3O4S/c1-7-19(5)29-26(33)23(8-2)30(15-20-21(27)10-9-11-22(20)28)25(32)16-31(36(6,34)35)24-13-12-17(3)14-18(24)4/h9-14,19,23H,7-8,15-16H2,1-6H3,(H,29,33)/t19-,23-/m1/s1. The molecule has 0 spiro atoms. The molecule has 0 saturated carbocycles. The highest BCUT2D eigenvalue weighted by atomic mass is 35.5. The van der Waals surface area contributed by atoms with Gasteiger partial charge in [0.2, 0.25) is 21.8 Å². The van der Waals surface area contributed by atoms with Gasteiger partial charge in [-0.2, -0.15) is 0 Å². The van der Waals surface area contributed by atoms with E-state index in [-0.39, 0.29) is 18.5 Å². The number of carbonyl (C=O) groups excluding carboxylic acids is 2. The van der Waals surface area contributed by atoms with Crippen molar-refractivity contribution in [2.45, 2.75) is 66.1 Å². The fourth-order valence-corrected chi connectivity index (χ4v) is 5.32. The average Bonchev–Trinajstić information content (AvgIpc) is 2.78. The van der Waals surface area contributed by atoms with Crippen LogP contribution in [0.1, 0.15) is 50.3 Å². The number of nitrogens with zero attached hydrogens (tertiary/aromatic N) is 2. The number of anilines is 1. The van der Waals surface area contributed by atoms with Crippen LogP contribution in [0.4, 0.5) is 5.69 Å². The first-order valence-electron chi connectivity index (χ1n) is 11.9. The van der Waals surface area contributed by atoms with E-state index in [4.69, 9.17) is 23.2 Å². The van der Waals surface area contributed by atoms with Crippen LogP contribution >= 0.6 is 23.2 Å². The Balaban J connectivity index is 2.53. The summed E-state index contributed by atoms with van der Waals surface area (Å²) >= 11 is 12.8. The van der Waals surface area contributed by atoms with Gasteiger partial charge in [-0.15, -0.1) is 0 Å². The van der Waals surface area contributed by atoms with Gasteiger partial charge >= 0.3 is 0 Å². The van der Waals surface area contributed by atoms with Crippen molar-refractivity contribution in [1.29, 1.82) is 0 Å². The molecule has 198 valence electrons. The Morgan fingerprint density at radius 3 is 2.14 bits per heavy atom. The third kappa shape index (κ3) is 7.60. The SMILES string of the molecule is CC[C@@H](C)NC(=O)[C@@H](CC)N(Cc1c(Cl)cccc1Cl)C(=O)CN(c1ccc(C)cc1C)S(C)(=O)=O. The van der Waals surface area contributed by atoms with Crippen molar-refractivity contribution in [3.63, 3.8) is 0 Å². The predicted molar refractivity (Wildman–Crippen MR) is 147 cm³/mol. The monoisotopic (exact) mass is 555 g/mol. The number of halogens is 2. The molecule has 0 fully saturated rings. The highest BCUT2D eigenvalue weighted by Gasteiger charge is 2.33. The Morgan fingerprint density at radius 2 is 1.64 bits per heavy atom. The van der Waals surface area contributed by atoms with Gasteiger partial charge in [-0.3, -0.25) is 13.9 Å². The molecular weight excluding hydrogens is 521 g/mol. The lowest BCUT2D eigenvalue weighted by Gasteiger charge is -2.34. The van der Waals surface area contributed by atoms with Crippen LogP contribution in [0.25, 0.3) is 0 Å². The van der Waals surface area contributed by atoms with Gasteiger partial charge in [0.25, 0.3) is 0 Å². The summed E-state index contributed by atoms with van der Waals surface area (Å²) in [5.41, 5.74) is 2.58. The zero-order valence-electron chi connectivity index (χ0n) is 21.6. The van der Waals surface area contributed by atoms with Crippen LogP contribution < -0.4 is 9.62 Å². The van der Waals surface area contributed by atoms with E-state index < -0.39 is 28.5 Å². The first kappa shape index (κ1) is 29.9. The molecule has 0 radical (unpaired) electrons. The van der Waals surface area contributed by atoms with Crippen molar-refractivity contribution in [3.8, 4) is 0 Å². The highest BCUT2D eigenvalue weighted by molar-refractivity contribution is 7.92. The van der Waals surface area contributed by atoms with Crippen molar-refractivity contribution in [3.05, 3.63) is 63.1 Å². The Morgan fingerprint density at radius 1 is 1.03 bits per heavy atom. The van der Waals surface area contributed by atoms with Gasteiger partial charge in [-0.05, 0) is 57.4 Å². The molecule has 2 amide bonds. The largest absolute Gasteiger partial charge is 0.352 e.